The Morgan fingerprint density at radius 3 is 2.39 bits per heavy atom. The lowest BCUT2D eigenvalue weighted by molar-refractivity contribution is -0.0663. The third-order valence-corrected chi connectivity index (χ3v) is 6.29. The van der Waals surface area contributed by atoms with Crippen LogP contribution >= 0.6 is 11.6 Å². The van der Waals surface area contributed by atoms with E-state index in [-0.39, 0.29) is 26.9 Å². The predicted octanol–water partition coefficient (Wildman–Crippen LogP) is 2.61. The van der Waals surface area contributed by atoms with Crippen molar-refractivity contribution in [1.29, 1.82) is 0 Å². The van der Waals surface area contributed by atoms with Gasteiger partial charge in [0.25, 0.3) is 0 Å². The van der Waals surface area contributed by atoms with Gasteiger partial charge in [0.2, 0.25) is 0 Å². The maximum absolute atomic E-state index is 13.6. The summed E-state index contributed by atoms with van der Waals surface area (Å²) in [6, 6.07) is 9.36. The van der Waals surface area contributed by atoms with Crippen LogP contribution < -0.4 is 10.3 Å². The number of benzene rings is 2. The van der Waals surface area contributed by atoms with E-state index in [4.69, 9.17) is 16.3 Å². The van der Waals surface area contributed by atoms with Crippen molar-refractivity contribution >= 4 is 21.4 Å². The largest absolute Gasteiger partial charge is 0.484 e. The van der Waals surface area contributed by atoms with Gasteiger partial charge in [-0.15, -0.1) is 0 Å². The molecule has 33 heavy (non-hydrogen) atoms. The molecule has 3 aromatic rings. The van der Waals surface area contributed by atoms with Gasteiger partial charge in [0.05, 0.1) is 27.4 Å². The molecular weight excluding hydrogens is 475 g/mol. The highest BCUT2D eigenvalue weighted by molar-refractivity contribution is 7.90. The first-order chi connectivity index (χ1) is 15.3. The molecule has 0 radical (unpaired) electrons. The third-order valence-electron chi connectivity index (χ3n) is 4.88. The summed E-state index contributed by atoms with van der Waals surface area (Å²) in [6.45, 7) is 2.36. The molecule has 0 unspecified atom stereocenters. The first-order valence-electron chi connectivity index (χ1n) is 9.70. The summed E-state index contributed by atoms with van der Waals surface area (Å²) in [6.07, 6.45) is 1.07. The summed E-state index contributed by atoms with van der Waals surface area (Å²) in [4.78, 5) is 13.3. The van der Waals surface area contributed by atoms with Gasteiger partial charge in [-0.25, -0.2) is 12.8 Å². The number of aliphatic hydroxyl groups excluding tert-OH is 1. The SMILES string of the molecule is CC(C)(O)[C@@H](O)COc1c(-c2ccc(S(C)(=O)=O)cc2)cnn(-c2ccc(F)c(Cl)c2)c1=O. The lowest BCUT2D eigenvalue weighted by Gasteiger charge is -2.24. The quantitative estimate of drug-likeness (QED) is 0.516. The fourth-order valence-electron chi connectivity index (χ4n) is 2.83. The number of hydrogen-bond acceptors (Lipinski definition) is 7. The summed E-state index contributed by atoms with van der Waals surface area (Å²) in [5.41, 5.74) is -1.38. The van der Waals surface area contributed by atoms with Crippen molar-refractivity contribution in [2.24, 2.45) is 0 Å². The van der Waals surface area contributed by atoms with Crippen molar-refractivity contribution in [3.8, 4) is 22.6 Å². The van der Waals surface area contributed by atoms with Crippen molar-refractivity contribution in [2.75, 3.05) is 12.9 Å². The summed E-state index contributed by atoms with van der Waals surface area (Å²) < 4.78 is 43.6. The van der Waals surface area contributed by atoms with Gasteiger partial charge >= 0.3 is 5.56 Å². The number of aliphatic hydroxyl groups is 2. The normalized spacial score (nSPS) is 13.1. The Balaban J connectivity index is 2.13. The van der Waals surface area contributed by atoms with Gasteiger partial charge in [0, 0.05) is 11.8 Å². The fourth-order valence-corrected chi connectivity index (χ4v) is 3.64. The van der Waals surface area contributed by atoms with E-state index in [0.717, 1.165) is 17.0 Å². The summed E-state index contributed by atoms with van der Waals surface area (Å²) in [5.74, 6) is -0.873. The van der Waals surface area contributed by atoms with Crippen LogP contribution in [0.1, 0.15) is 13.8 Å². The number of rotatable bonds is 7. The Kier molecular flexibility index (Phi) is 6.94. The molecule has 1 heterocycles. The molecule has 2 aromatic carbocycles. The van der Waals surface area contributed by atoms with E-state index in [9.17, 15) is 27.8 Å². The number of hydrogen-bond donors (Lipinski definition) is 2. The van der Waals surface area contributed by atoms with Crippen molar-refractivity contribution in [3.63, 3.8) is 0 Å². The topological polar surface area (TPSA) is 119 Å². The Hall–Kier alpha value is -2.79. The standard InChI is InChI=1S/C22H22ClFN2O6S/c1-22(2,29)19(27)12-32-20-16(13-4-7-15(8-5-13)33(3,30)31)11-25-26(21(20)28)14-6-9-18(24)17(23)10-14/h4-11,19,27,29H,12H2,1-3H3/t19-/m0/s1. The highest BCUT2D eigenvalue weighted by Gasteiger charge is 2.26. The Labute approximate surface area is 194 Å². The zero-order valence-electron chi connectivity index (χ0n) is 18.0. The second-order valence-corrected chi connectivity index (χ2v) is 10.4. The van der Waals surface area contributed by atoms with Gasteiger partial charge < -0.3 is 14.9 Å². The average Bonchev–Trinajstić information content (AvgIpc) is 2.73. The third kappa shape index (κ3) is 5.59. The molecule has 0 amide bonds. The summed E-state index contributed by atoms with van der Waals surface area (Å²) in [7, 11) is -3.42. The van der Waals surface area contributed by atoms with Crippen molar-refractivity contribution in [3.05, 3.63) is 69.9 Å². The predicted molar refractivity (Wildman–Crippen MR) is 121 cm³/mol. The molecule has 11 heteroatoms. The van der Waals surface area contributed by atoms with Gasteiger partial charge in [-0.3, -0.25) is 4.79 Å². The number of nitrogens with zero attached hydrogens (tertiary/aromatic N) is 2. The molecule has 0 saturated carbocycles. The van der Waals surface area contributed by atoms with E-state index in [1.807, 2.05) is 0 Å². The van der Waals surface area contributed by atoms with Crippen molar-refractivity contribution < 1.29 is 27.8 Å². The van der Waals surface area contributed by atoms with Crippen molar-refractivity contribution in [1.82, 2.24) is 9.78 Å². The minimum absolute atomic E-state index is 0.0911. The molecule has 0 aliphatic rings. The van der Waals surface area contributed by atoms with E-state index in [2.05, 4.69) is 5.10 Å². The molecule has 0 spiro atoms. The second-order valence-electron chi connectivity index (χ2n) is 7.98. The average molecular weight is 497 g/mol. The first kappa shape index (κ1) is 24.8. The molecule has 1 aromatic heterocycles. The molecule has 2 N–H and O–H groups in total. The molecule has 0 fully saturated rings. The highest BCUT2D eigenvalue weighted by atomic mass is 35.5. The minimum atomic E-state index is -3.42. The van der Waals surface area contributed by atoms with Crippen LogP contribution in [-0.2, 0) is 9.84 Å². The maximum Gasteiger partial charge on any atom is 0.314 e. The number of halogens is 2. The van der Waals surface area contributed by atoms with Crippen LogP contribution in [0.25, 0.3) is 16.8 Å². The minimum Gasteiger partial charge on any atom is -0.484 e. The Morgan fingerprint density at radius 1 is 1.21 bits per heavy atom. The Morgan fingerprint density at radius 2 is 1.85 bits per heavy atom. The van der Waals surface area contributed by atoms with Crippen LogP contribution in [0, 0.1) is 5.82 Å². The highest BCUT2D eigenvalue weighted by Crippen LogP contribution is 2.29. The Bertz CT molecular complexity index is 1330. The fraction of sp³-hybridized carbons (Fsp3) is 0.273. The van der Waals surface area contributed by atoms with Crippen LogP contribution in [0.3, 0.4) is 0 Å². The summed E-state index contributed by atoms with van der Waals surface area (Å²) >= 11 is 5.83. The van der Waals surface area contributed by atoms with E-state index in [1.165, 1.54) is 56.4 Å². The molecule has 0 aliphatic heterocycles. The lowest BCUT2D eigenvalue weighted by Crippen LogP contribution is -2.40. The number of ether oxygens (including phenoxy) is 1. The molecule has 3 rings (SSSR count). The monoisotopic (exact) mass is 496 g/mol. The van der Waals surface area contributed by atoms with E-state index in [1.54, 1.807) is 0 Å². The molecule has 0 aliphatic carbocycles. The molecule has 8 nitrogen and oxygen atoms in total. The molecular formula is C22H22ClFN2O6S. The number of sulfone groups is 1. The van der Waals surface area contributed by atoms with Gasteiger partial charge in [0.15, 0.2) is 15.6 Å². The molecule has 0 bridgehead atoms. The van der Waals surface area contributed by atoms with Crippen LogP contribution in [0.4, 0.5) is 4.39 Å². The van der Waals surface area contributed by atoms with E-state index < -0.39 is 39.5 Å². The molecule has 176 valence electrons. The van der Waals surface area contributed by atoms with Crippen LogP contribution in [-0.4, -0.2) is 53.0 Å². The maximum atomic E-state index is 13.6. The lowest BCUT2D eigenvalue weighted by atomic mass is 10.0. The zero-order valence-corrected chi connectivity index (χ0v) is 19.6. The number of aromatic nitrogens is 2. The van der Waals surface area contributed by atoms with E-state index in [0.29, 0.717) is 5.56 Å². The smallest absolute Gasteiger partial charge is 0.314 e. The van der Waals surface area contributed by atoms with Gasteiger partial charge in [0.1, 0.15) is 18.5 Å². The van der Waals surface area contributed by atoms with Crippen LogP contribution in [0.2, 0.25) is 5.02 Å². The van der Waals surface area contributed by atoms with Gasteiger partial charge in [-0.1, -0.05) is 23.7 Å². The van der Waals surface area contributed by atoms with Crippen LogP contribution in [0.5, 0.6) is 5.75 Å². The zero-order chi connectivity index (χ0) is 24.6. The molecule has 0 saturated heterocycles. The van der Waals surface area contributed by atoms with E-state index >= 15 is 0 Å². The van der Waals surface area contributed by atoms with Gasteiger partial charge in [-0.05, 0) is 49.7 Å². The first-order valence-corrected chi connectivity index (χ1v) is 12.0. The summed E-state index contributed by atoms with van der Waals surface area (Å²) in [5, 5.41) is 24.0. The second kappa shape index (κ2) is 9.22. The molecule has 1 atom stereocenters. The van der Waals surface area contributed by atoms with Crippen molar-refractivity contribution in [2.45, 2.75) is 30.4 Å². The van der Waals surface area contributed by atoms with Crippen LogP contribution in [0.15, 0.2) is 58.4 Å². The van der Waals surface area contributed by atoms with Gasteiger partial charge in [-0.2, -0.15) is 9.78 Å².